The lowest BCUT2D eigenvalue weighted by atomic mass is 9.83. The van der Waals surface area contributed by atoms with Crippen molar-refractivity contribution in [1.29, 1.82) is 0 Å². The van der Waals surface area contributed by atoms with E-state index < -0.39 is 38.8 Å². The number of esters is 1. The minimum Gasteiger partial charge on any atom is -0.464 e. The largest absolute Gasteiger partial charge is 0.464 e. The first-order valence-electron chi connectivity index (χ1n) is 25.8. The zero-order valence-electron chi connectivity index (χ0n) is 42.6. The summed E-state index contributed by atoms with van der Waals surface area (Å²) in [6.45, 7) is 22.0. The highest BCUT2D eigenvalue weighted by Crippen LogP contribution is 2.46. The van der Waals surface area contributed by atoms with Crippen molar-refractivity contribution in [2.24, 2.45) is 17.3 Å². The lowest BCUT2D eigenvalue weighted by molar-refractivity contribution is -0.189. The molecule has 0 radical (unpaired) electrons. The molecular weight excluding hydrogens is 923 g/mol. The number of benzene rings is 1. The lowest BCUT2D eigenvalue weighted by Crippen LogP contribution is -2.67. The molecule has 4 aliphatic heterocycles. The highest BCUT2D eigenvalue weighted by Gasteiger charge is 2.56. The Bertz CT molecular complexity index is 2680. The van der Waals surface area contributed by atoms with E-state index in [2.05, 4.69) is 76.4 Å². The number of thiazole rings is 1. The Kier molecular flexibility index (Phi) is 13.4. The van der Waals surface area contributed by atoms with Gasteiger partial charge >= 0.3 is 5.97 Å². The molecule has 7 atom stereocenters. The maximum atomic E-state index is 15.4. The predicted molar refractivity (Wildman–Crippen MR) is 275 cm³/mol. The van der Waals surface area contributed by atoms with Crippen LogP contribution in [0.15, 0.2) is 35.8 Å². The van der Waals surface area contributed by atoms with Crippen molar-refractivity contribution in [3.63, 3.8) is 0 Å². The van der Waals surface area contributed by atoms with Gasteiger partial charge in [-0.25, -0.2) is 23.7 Å². The number of methoxy groups -OCH3 is 1. The number of ether oxygens (including phenoxy) is 2. The summed E-state index contributed by atoms with van der Waals surface area (Å²) < 4.78 is 31.8. The van der Waals surface area contributed by atoms with Gasteiger partial charge in [0.25, 0.3) is 5.91 Å². The Morgan fingerprint density at radius 2 is 1.77 bits per heavy atom. The second-order valence-corrected chi connectivity index (χ2v) is 25.5. The molecule has 3 aromatic heterocycles. The van der Waals surface area contributed by atoms with Gasteiger partial charge in [0.1, 0.15) is 22.6 Å². The predicted octanol–water partition coefficient (Wildman–Crippen LogP) is 7.57. The van der Waals surface area contributed by atoms with Gasteiger partial charge in [0, 0.05) is 97.7 Å². The summed E-state index contributed by atoms with van der Waals surface area (Å²) in [5.41, 5.74) is 6.30. The summed E-state index contributed by atoms with van der Waals surface area (Å²) >= 11 is 1.39. The van der Waals surface area contributed by atoms with Crippen molar-refractivity contribution in [2.45, 2.75) is 148 Å². The van der Waals surface area contributed by atoms with E-state index in [4.69, 9.17) is 19.4 Å². The van der Waals surface area contributed by atoms with Crippen LogP contribution >= 0.6 is 11.3 Å². The van der Waals surface area contributed by atoms with E-state index in [1.807, 2.05) is 44.3 Å². The molecule has 5 fully saturated rings. The maximum absolute atomic E-state index is 15.4. The molecule has 17 heteroatoms. The van der Waals surface area contributed by atoms with E-state index in [0.717, 1.165) is 83.3 Å². The fourth-order valence-electron chi connectivity index (χ4n) is 11.5. The van der Waals surface area contributed by atoms with Gasteiger partial charge in [-0.3, -0.25) is 24.5 Å². The molecule has 2 saturated carbocycles. The zero-order chi connectivity index (χ0) is 49.4. The standard InChI is InChI=1S/C53H73N9O6S2/c1-10-60-42-16-13-34-26-38(42)40(46(60)39-27-36(29-54-43(39)33(3)67-9)59-23-21-58(22-24-59)35-14-15-35)28-52(7,8)31-68-50(65)53-17-11-19-61(62(53)20-12-18-53)49(64)45(56-47(63)37-25-32(37)2)44(48-55-41(34)30-69-48)57-70(66)51(4,5)6/h13,16,26-27,29-30,32-33,35,37,44-45,57H,10-12,14-15,17-25,28,31H2,1-9H3,(H,56,63)/t32-,33-,37-,44-,45-,53-,70-/m0/s1. The minimum atomic E-state index is -1.65. The summed E-state index contributed by atoms with van der Waals surface area (Å²) in [5.74, 6) is -0.920. The van der Waals surface area contributed by atoms with Crippen molar-refractivity contribution in [1.82, 2.24) is 39.5 Å². The Balaban J connectivity index is 1.14. The topological polar surface area (TPSA) is 154 Å². The third kappa shape index (κ3) is 9.24. The number of carbonyl (C=O) groups is 3. The molecule has 4 aromatic rings. The number of rotatable bonds is 10. The molecule has 2 aliphatic carbocycles. The van der Waals surface area contributed by atoms with Gasteiger partial charge in [0.05, 0.1) is 57.4 Å². The number of nitrogens with one attached hydrogen (secondary N) is 2. The van der Waals surface area contributed by atoms with Crippen molar-refractivity contribution in [3.8, 4) is 22.5 Å². The van der Waals surface area contributed by atoms with Crippen LogP contribution in [-0.2, 0) is 47.8 Å². The molecule has 378 valence electrons. The third-order valence-corrected chi connectivity index (χ3v) is 18.4. The average Bonchev–Trinajstić information content (AvgIpc) is 4.19. The first-order chi connectivity index (χ1) is 33.4. The quantitative estimate of drug-likeness (QED) is 0.151. The number of pyridine rings is 1. The lowest BCUT2D eigenvalue weighted by Gasteiger charge is -2.48. The summed E-state index contributed by atoms with van der Waals surface area (Å²) in [7, 11) is 0.0829. The molecule has 3 saturated heterocycles. The molecule has 15 nitrogen and oxygen atoms in total. The Hall–Kier alpha value is -4.26. The fraction of sp³-hybridized carbons (Fsp3) is 0.642. The molecule has 6 bridgehead atoms. The van der Waals surface area contributed by atoms with Crippen LogP contribution in [0.1, 0.15) is 129 Å². The van der Waals surface area contributed by atoms with Gasteiger partial charge in [0.15, 0.2) is 0 Å². The van der Waals surface area contributed by atoms with E-state index in [0.29, 0.717) is 62.4 Å². The molecule has 0 unspecified atom stereocenters. The summed E-state index contributed by atoms with van der Waals surface area (Å²) in [6.07, 6.45) is 8.05. The third-order valence-electron chi connectivity index (χ3n) is 15.9. The molecule has 10 rings (SSSR count). The summed E-state index contributed by atoms with van der Waals surface area (Å²) in [5, 5.41) is 10.4. The molecule has 6 aliphatic rings. The number of piperazine rings is 1. The SMILES string of the molecule is CCn1c(-c2cc(N3CCN(C4CC4)CC3)cnc2[C@H](C)OC)c2c3cc(ccc31)-c1csc(n1)[C@@H](N[S@@](=O)C(C)(C)C)[C@H](NC(=O)[C@H]1C[C@@H]1C)C(=O)N1CCC[C@]3(CCCN13)C(=O)OCC(C)(C)C2. The smallest absolute Gasteiger partial charge is 0.328 e. The van der Waals surface area contributed by atoms with Crippen molar-refractivity contribution >= 4 is 56.7 Å². The molecule has 2 amide bonds. The van der Waals surface area contributed by atoms with Gasteiger partial charge in [-0.15, -0.1) is 11.3 Å². The van der Waals surface area contributed by atoms with Crippen molar-refractivity contribution in [2.75, 3.05) is 57.9 Å². The maximum Gasteiger partial charge on any atom is 0.328 e. The number of fused-ring (bicyclic) bond motifs is 4. The van der Waals surface area contributed by atoms with Crippen LogP contribution in [0, 0.1) is 17.3 Å². The Labute approximate surface area is 420 Å². The molecule has 2 N–H and O–H groups in total. The van der Waals surface area contributed by atoms with Gasteiger partial charge in [0.2, 0.25) is 5.91 Å². The van der Waals surface area contributed by atoms with Crippen LogP contribution in [0.4, 0.5) is 5.69 Å². The molecular formula is C53H73N9O6S2. The number of hydrazine groups is 1. The minimum absolute atomic E-state index is 0.163. The normalized spacial score (nSPS) is 27.5. The number of anilines is 1. The highest BCUT2D eigenvalue weighted by atomic mass is 32.2. The van der Waals surface area contributed by atoms with E-state index in [1.54, 1.807) is 12.1 Å². The van der Waals surface area contributed by atoms with Crippen LogP contribution in [0.2, 0.25) is 0 Å². The number of aryl methyl sites for hydroxylation is 1. The monoisotopic (exact) mass is 996 g/mol. The zero-order valence-corrected chi connectivity index (χ0v) is 44.3. The summed E-state index contributed by atoms with van der Waals surface area (Å²) in [4.78, 5) is 60.0. The van der Waals surface area contributed by atoms with E-state index in [9.17, 15) is 13.8 Å². The number of carbonyl (C=O) groups excluding carboxylic acids is 3. The summed E-state index contributed by atoms with van der Waals surface area (Å²) in [6, 6.07) is 7.45. The van der Waals surface area contributed by atoms with Gasteiger partial charge < -0.3 is 24.3 Å². The fourth-order valence-corrected chi connectivity index (χ4v) is 13.4. The number of aromatic nitrogens is 3. The molecule has 70 heavy (non-hydrogen) atoms. The van der Waals surface area contributed by atoms with Crippen LogP contribution in [0.3, 0.4) is 0 Å². The molecule has 1 aromatic carbocycles. The number of hydrogen-bond donors (Lipinski definition) is 2. The number of amides is 2. The molecule has 7 heterocycles. The highest BCUT2D eigenvalue weighted by molar-refractivity contribution is 7.84. The van der Waals surface area contributed by atoms with E-state index >= 15 is 4.79 Å². The average molecular weight is 996 g/mol. The van der Waals surface area contributed by atoms with Gasteiger partial charge in [-0.2, -0.15) is 0 Å². The van der Waals surface area contributed by atoms with Crippen LogP contribution in [-0.4, -0.2) is 127 Å². The second-order valence-electron chi connectivity index (χ2n) is 22.7. The van der Waals surface area contributed by atoms with E-state index in [-0.39, 0.29) is 42.3 Å². The first-order valence-corrected chi connectivity index (χ1v) is 27.8. The Morgan fingerprint density at radius 3 is 2.44 bits per heavy atom. The van der Waals surface area contributed by atoms with E-state index in [1.165, 1.54) is 24.2 Å². The van der Waals surface area contributed by atoms with Crippen molar-refractivity contribution < 1.29 is 28.1 Å². The number of cyclic esters (lactones) is 1. The number of hydrogen-bond acceptors (Lipinski definition) is 12. The van der Waals surface area contributed by atoms with Gasteiger partial charge in [-0.05, 0) is 116 Å². The van der Waals surface area contributed by atoms with Crippen molar-refractivity contribution in [3.05, 3.63) is 52.1 Å². The van der Waals surface area contributed by atoms with Crippen LogP contribution < -0.4 is 14.9 Å². The second kappa shape index (κ2) is 19.0. The van der Waals surface area contributed by atoms with Crippen LogP contribution in [0.25, 0.3) is 33.4 Å². The molecule has 0 spiro atoms. The van der Waals surface area contributed by atoms with Crippen LogP contribution in [0.5, 0.6) is 0 Å². The Morgan fingerprint density at radius 1 is 1.04 bits per heavy atom. The first kappa shape index (κ1) is 49.3. The van der Waals surface area contributed by atoms with Gasteiger partial charge in [-0.1, -0.05) is 26.8 Å². The number of nitrogens with zero attached hydrogens (tertiary/aromatic N) is 7.